The van der Waals surface area contributed by atoms with Crippen LogP contribution in [0.4, 0.5) is 10.1 Å². The number of hydrogen-bond donors (Lipinski definition) is 0. The first-order valence-corrected chi connectivity index (χ1v) is 11.8. The third-order valence-corrected chi connectivity index (χ3v) is 6.56. The van der Waals surface area contributed by atoms with E-state index in [1.165, 1.54) is 24.3 Å². The minimum absolute atomic E-state index is 0.176. The topological polar surface area (TPSA) is 70.2 Å². The number of carbonyl (C=O) groups excluding carboxylic acids is 3. The smallest absolute Gasteiger partial charge is 0.309 e. The van der Waals surface area contributed by atoms with Gasteiger partial charge in [-0.25, -0.2) is 4.39 Å². The van der Waals surface area contributed by atoms with Gasteiger partial charge in [0.1, 0.15) is 5.82 Å². The van der Waals surface area contributed by atoms with Gasteiger partial charge in [-0.05, 0) is 56.2 Å². The Morgan fingerprint density at radius 3 is 2.09 bits per heavy atom. The number of carbonyl (C=O) groups is 3. The number of anilines is 1. The number of nitrogens with zero attached hydrogens (tertiary/aromatic N) is 3. The van der Waals surface area contributed by atoms with Gasteiger partial charge in [-0.1, -0.05) is 18.2 Å². The molecule has 8 heteroatoms. The van der Waals surface area contributed by atoms with Crippen LogP contribution < -0.4 is 4.90 Å². The van der Waals surface area contributed by atoms with E-state index in [0.717, 1.165) is 18.8 Å². The van der Waals surface area contributed by atoms with Crippen LogP contribution in [0.15, 0.2) is 54.6 Å². The molecule has 0 aromatic heterocycles. The average molecular weight is 468 g/mol. The SMILES string of the molecule is CC(OC(=O)C1CCN(C(=O)c2ccc(F)cc2)CC1)C(=O)N1CCN(c2ccccc2)CC1. The summed E-state index contributed by atoms with van der Waals surface area (Å²) in [6.07, 6.45) is 0.111. The zero-order chi connectivity index (χ0) is 24.1. The first-order chi connectivity index (χ1) is 16.4. The lowest BCUT2D eigenvalue weighted by molar-refractivity contribution is -0.163. The van der Waals surface area contributed by atoms with E-state index in [-0.39, 0.29) is 23.5 Å². The molecule has 4 rings (SSSR count). The van der Waals surface area contributed by atoms with Crippen molar-refractivity contribution >= 4 is 23.5 Å². The van der Waals surface area contributed by atoms with Crippen LogP contribution in [-0.2, 0) is 14.3 Å². The normalized spacial score (nSPS) is 17.9. The monoisotopic (exact) mass is 467 g/mol. The number of halogens is 1. The van der Waals surface area contributed by atoms with Gasteiger partial charge < -0.3 is 19.4 Å². The molecule has 2 aromatic carbocycles. The second-order valence-corrected chi connectivity index (χ2v) is 8.80. The van der Waals surface area contributed by atoms with Crippen molar-refractivity contribution in [1.82, 2.24) is 9.80 Å². The summed E-state index contributed by atoms with van der Waals surface area (Å²) in [5, 5.41) is 0. The van der Waals surface area contributed by atoms with Gasteiger partial charge in [0.2, 0.25) is 0 Å². The number of rotatable bonds is 5. The van der Waals surface area contributed by atoms with Gasteiger partial charge in [-0.15, -0.1) is 0 Å². The molecule has 2 aromatic rings. The van der Waals surface area contributed by atoms with Crippen LogP contribution in [-0.4, -0.2) is 73.0 Å². The summed E-state index contributed by atoms with van der Waals surface area (Å²) in [6.45, 7) is 5.09. The molecule has 0 saturated carbocycles. The van der Waals surface area contributed by atoms with Crippen LogP contribution in [0.25, 0.3) is 0 Å². The second-order valence-electron chi connectivity index (χ2n) is 8.80. The summed E-state index contributed by atoms with van der Waals surface area (Å²) in [4.78, 5) is 43.7. The molecule has 0 bridgehead atoms. The van der Waals surface area contributed by atoms with Gasteiger partial charge >= 0.3 is 5.97 Å². The van der Waals surface area contributed by atoms with Crippen LogP contribution in [0, 0.1) is 11.7 Å². The fraction of sp³-hybridized carbons (Fsp3) is 0.423. The lowest BCUT2D eigenvalue weighted by Gasteiger charge is -2.37. The summed E-state index contributed by atoms with van der Waals surface area (Å²) in [6, 6.07) is 15.5. The Morgan fingerprint density at radius 1 is 0.853 bits per heavy atom. The van der Waals surface area contributed by atoms with Gasteiger partial charge in [0.15, 0.2) is 6.10 Å². The molecule has 2 aliphatic rings. The standard InChI is InChI=1S/C26H30FN3O4/c1-19(24(31)30-17-15-28(16-18-30)23-5-3-2-4-6-23)34-26(33)21-11-13-29(14-12-21)25(32)20-7-9-22(27)10-8-20/h2-10,19,21H,11-18H2,1H3. The van der Waals surface area contributed by atoms with E-state index >= 15 is 0 Å². The Balaban J connectivity index is 1.22. The highest BCUT2D eigenvalue weighted by Gasteiger charge is 2.32. The van der Waals surface area contributed by atoms with Gasteiger partial charge in [-0.2, -0.15) is 0 Å². The number of ether oxygens (including phenoxy) is 1. The highest BCUT2D eigenvalue weighted by atomic mass is 19.1. The number of likely N-dealkylation sites (tertiary alicyclic amines) is 1. The number of para-hydroxylation sites is 1. The summed E-state index contributed by atoms with van der Waals surface area (Å²) >= 11 is 0. The van der Waals surface area contributed by atoms with Crippen molar-refractivity contribution in [3.05, 3.63) is 66.0 Å². The lowest BCUT2D eigenvalue weighted by Crippen LogP contribution is -2.52. The van der Waals surface area contributed by atoms with E-state index in [4.69, 9.17) is 4.74 Å². The lowest BCUT2D eigenvalue weighted by atomic mass is 9.96. The Hall–Kier alpha value is -3.42. The molecule has 2 saturated heterocycles. The molecule has 7 nitrogen and oxygen atoms in total. The van der Waals surface area contributed by atoms with E-state index in [1.807, 2.05) is 18.2 Å². The van der Waals surface area contributed by atoms with Crippen molar-refractivity contribution in [2.24, 2.45) is 5.92 Å². The summed E-state index contributed by atoms with van der Waals surface area (Å²) in [7, 11) is 0. The van der Waals surface area contributed by atoms with Crippen molar-refractivity contribution in [3.63, 3.8) is 0 Å². The predicted molar refractivity (Wildman–Crippen MR) is 126 cm³/mol. The predicted octanol–water partition coefficient (Wildman–Crippen LogP) is 2.96. The molecule has 2 aliphatic heterocycles. The molecule has 1 atom stereocenters. The molecule has 0 aliphatic carbocycles. The third kappa shape index (κ3) is 5.55. The summed E-state index contributed by atoms with van der Waals surface area (Å²) in [5.41, 5.74) is 1.56. The zero-order valence-corrected chi connectivity index (χ0v) is 19.4. The van der Waals surface area contributed by atoms with Crippen LogP contribution in [0.1, 0.15) is 30.1 Å². The quantitative estimate of drug-likeness (QED) is 0.633. The van der Waals surface area contributed by atoms with Crippen molar-refractivity contribution in [1.29, 1.82) is 0 Å². The first-order valence-electron chi connectivity index (χ1n) is 11.8. The van der Waals surface area contributed by atoms with E-state index in [2.05, 4.69) is 17.0 Å². The molecule has 1 unspecified atom stereocenters. The fourth-order valence-corrected chi connectivity index (χ4v) is 4.50. The van der Waals surface area contributed by atoms with Gasteiger partial charge in [-0.3, -0.25) is 14.4 Å². The minimum atomic E-state index is -0.838. The molecular formula is C26H30FN3O4. The number of hydrogen-bond acceptors (Lipinski definition) is 5. The fourth-order valence-electron chi connectivity index (χ4n) is 4.50. The second kappa shape index (κ2) is 10.7. The average Bonchev–Trinajstić information content (AvgIpc) is 2.89. The van der Waals surface area contributed by atoms with Gasteiger partial charge in [0.25, 0.3) is 11.8 Å². The molecule has 180 valence electrons. The van der Waals surface area contributed by atoms with Crippen LogP contribution in [0.3, 0.4) is 0 Å². The van der Waals surface area contributed by atoms with Crippen molar-refractivity contribution in [3.8, 4) is 0 Å². The molecule has 2 amide bonds. The minimum Gasteiger partial charge on any atom is -0.452 e. The van der Waals surface area contributed by atoms with E-state index < -0.39 is 12.1 Å². The van der Waals surface area contributed by atoms with Crippen molar-refractivity contribution in [2.75, 3.05) is 44.2 Å². The molecule has 0 spiro atoms. The molecule has 34 heavy (non-hydrogen) atoms. The number of benzene rings is 2. The third-order valence-electron chi connectivity index (χ3n) is 6.56. The number of esters is 1. The largest absolute Gasteiger partial charge is 0.452 e. The van der Waals surface area contributed by atoms with Crippen LogP contribution in [0.2, 0.25) is 0 Å². The van der Waals surface area contributed by atoms with Crippen molar-refractivity contribution in [2.45, 2.75) is 25.9 Å². The molecule has 0 N–H and O–H groups in total. The highest BCUT2D eigenvalue weighted by molar-refractivity contribution is 5.94. The summed E-state index contributed by atoms with van der Waals surface area (Å²) < 4.78 is 18.6. The van der Waals surface area contributed by atoms with Crippen LogP contribution in [0.5, 0.6) is 0 Å². The van der Waals surface area contributed by atoms with Gasteiger partial charge in [0.05, 0.1) is 5.92 Å². The zero-order valence-electron chi connectivity index (χ0n) is 19.4. The Kier molecular flexibility index (Phi) is 7.45. The maximum absolute atomic E-state index is 13.1. The number of piperazine rings is 1. The first kappa shape index (κ1) is 23.7. The molecular weight excluding hydrogens is 437 g/mol. The summed E-state index contributed by atoms with van der Waals surface area (Å²) in [5.74, 6) is -1.48. The highest BCUT2D eigenvalue weighted by Crippen LogP contribution is 2.22. The van der Waals surface area contributed by atoms with E-state index in [1.54, 1.807) is 16.7 Å². The Bertz CT molecular complexity index is 998. The Labute approximate surface area is 199 Å². The molecule has 2 heterocycles. The number of amides is 2. The Morgan fingerprint density at radius 2 is 1.47 bits per heavy atom. The van der Waals surface area contributed by atoms with Crippen molar-refractivity contribution < 1.29 is 23.5 Å². The van der Waals surface area contributed by atoms with Gasteiger partial charge in [0, 0.05) is 50.5 Å². The molecule has 0 radical (unpaired) electrons. The number of piperidine rings is 1. The van der Waals surface area contributed by atoms with Crippen LogP contribution >= 0.6 is 0 Å². The maximum Gasteiger partial charge on any atom is 0.309 e. The maximum atomic E-state index is 13.1. The van der Waals surface area contributed by atoms with E-state index in [9.17, 15) is 18.8 Å². The molecule has 2 fully saturated rings. The van der Waals surface area contributed by atoms with E-state index in [0.29, 0.717) is 44.6 Å².